The molecule has 0 saturated carbocycles. The Labute approximate surface area is 102 Å². The molecule has 0 spiro atoms. The lowest BCUT2D eigenvalue weighted by molar-refractivity contribution is -0.141. The molecule has 0 aliphatic rings. The molecule has 1 unspecified atom stereocenters. The highest BCUT2D eigenvalue weighted by Gasteiger charge is 2.16. The largest absolute Gasteiger partial charge is 0.468 e. The molecule has 0 bridgehead atoms. The normalized spacial score (nSPS) is 12.9. The summed E-state index contributed by atoms with van der Waals surface area (Å²) in [5.74, 6) is 1.11. The van der Waals surface area contributed by atoms with E-state index in [4.69, 9.17) is 11.0 Å². The molecule has 0 aromatic carbocycles. The number of thioether (sulfide) groups is 1. The minimum absolute atomic E-state index is 0.259. The number of esters is 1. The summed E-state index contributed by atoms with van der Waals surface area (Å²) in [6.07, 6.45) is 1.82. The number of carbonyl (C=O) groups excluding carboxylic acids is 1. The van der Waals surface area contributed by atoms with Crippen molar-refractivity contribution in [3.63, 3.8) is 0 Å². The quantitative estimate of drug-likeness (QED) is 0.543. The molecule has 0 aromatic heterocycles. The van der Waals surface area contributed by atoms with E-state index < -0.39 is 6.04 Å². The molecule has 0 aromatic rings. The van der Waals surface area contributed by atoms with Gasteiger partial charge in [-0.1, -0.05) is 0 Å². The Bertz CT molecular complexity index is 261. The first kappa shape index (κ1) is 15.3. The molecule has 0 radical (unpaired) electrons. The second-order valence-corrected chi connectivity index (χ2v) is 5.45. The van der Waals surface area contributed by atoms with E-state index in [-0.39, 0.29) is 11.4 Å². The third-order valence-corrected chi connectivity index (χ3v) is 3.37. The molecule has 16 heavy (non-hydrogen) atoms. The van der Waals surface area contributed by atoms with Gasteiger partial charge in [-0.3, -0.25) is 4.79 Å². The zero-order chi connectivity index (χ0) is 12.6. The minimum atomic E-state index is -0.543. The third kappa shape index (κ3) is 6.70. The predicted molar refractivity (Wildman–Crippen MR) is 65.9 cm³/mol. The SMILES string of the molecule is COC(=O)C(N)CSCCCC(C)(C)C#N. The van der Waals surface area contributed by atoms with Gasteiger partial charge in [-0.15, -0.1) is 0 Å². The number of nitrogens with zero attached hydrogens (tertiary/aromatic N) is 1. The van der Waals surface area contributed by atoms with E-state index in [1.807, 2.05) is 13.8 Å². The summed E-state index contributed by atoms with van der Waals surface area (Å²) in [6, 6.07) is 1.72. The predicted octanol–water partition coefficient (Wildman–Crippen LogP) is 1.55. The number of hydrogen-bond acceptors (Lipinski definition) is 5. The number of rotatable bonds is 7. The van der Waals surface area contributed by atoms with Crippen LogP contribution in [0, 0.1) is 16.7 Å². The van der Waals surface area contributed by atoms with E-state index in [0.29, 0.717) is 5.75 Å². The van der Waals surface area contributed by atoms with Crippen molar-refractivity contribution in [3.8, 4) is 6.07 Å². The Balaban J connectivity index is 3.55. The standard InChI is InChI=1S/C11H20N2O2S/c1-11(2,8-12)5-4-6-16-7-9(13)10(14)15-3/h9H,4-7,13H2,1-3H3. The van der Waals surface area contributed by atoms with Gasteiger partial charge in [0.1, 0.15) is 6.04 Å². The Kier molecular flexibility index (Phi) is 7.18. The molecule has 0 rings (SSSR count). The average Bonchev–Trinajstić information content (AvgIpc) is 2.27. The highest BCUT2D eigenvalue weighted by molar-refractivity contribution is 7.99. The van der Waals surface area contributed by atoms with Crippen LogP contribution in [0.5, 0.6) is 0 Å². The van der Waals surface area contributed by atoms with Gasteiger partial charge < -0.3 is 10.5 Å². The Morgan fingerprint density at radius 2 is 2.25 bits per heavy atom. The Morgan fingerprint density at radius 3 is 2.75 bits per heavy atom. The van der Waals surface area contributed by atoms with Crippen molar-refractivity contribution in [2.75, 3.05) is 18.6 Å². The summed E-state index contributed by atoms with van der Waals surface area (Å²) < 4.78 is 4.52. The van der Waals surface area contributed by atoms with Gasteiger partial charge in [-0.25, -0.2) is 0 Å². The molecule has 4 nitrogen and oxygen atoms in total. The smallest absolute Gasteiger partial charge is 0.323 e. The number of nitrogens with two attached hydrogens (primary N) is 1. The van der Waals surface area contributed by atoms with Crippen molar-refractivity contribution < 1.29 is 9.53 Å². The molecule has 0 saturated heterocycles. The maximum Gasteiger partial charge on any atom is 0.323 e. The topological polar surface area (TPSA) is 76.1 Å². The molecular formula is C11H20N2O2S. The van der Waals surface area contributed by atoms with Crippen molar-refractivity contribution in [3.05, 3.63) is 0 Å². The van der Waals surface area contributed by atoms with Crippen LogP contribution in [0.1, 0.15) is 26.7 Å². The first-order chi connectivity index (χ1) is 7.43. The van der Waals surface area contributed by atoms with E-state index in [9.17, 15) is 4.79 Å². The molecule has 92 valence electrons. The summed E-state index contributed by atoms with van der Waals surface area (Å²) in [7, 11) is 1.34. The molecule has 0 fully saturated rings. The molecule has 1 atom stereocenters. The maximum atomic E-state index is 11.0. The van der Waals surface area contributed by atoms with Crippen molar-refractivity contribution in [2.45, 2.75) is 32.7 Å². The van der Waals surface area contributed by atoms with Gasteiger partial charge in [0.05, 0.1) is 18.6 Å². The van der Waals surface area contributed by atoms with Gasteiger partial charge >= 0.3 is 5.97 Å². The highest BCUT2D eigenvalue weighted by atomic mass is 32.2. The summed E-state index contributed by atoms with van der Waals surface area (Å²) in [6.45, 7) is 3.86. The number of carbonyl (C=O) groups is 1. The van der Waals surface area contributed by atoms with Crippen LogP contribution in [0.25, 0.3) is 0 Å². The van der Waals surface area contributed by atoms with E-state index in [2.05, 4.69) is 10.8 Å². The van der Waals surface area contributed by atoms with Gasteiger partial charge in [0.2, 0.25) is 0 Å². The summed E-state index contributed by atoms with van der Waals surface area (Å²) in [4.78, 5) is 11.0. The second kappa shape index (κ2) is 7.53. The minimum Gasteiger partial charge on any atom is -0.468 e. The fourth-order valence-corrected chi connectivity index (χ4v) is 2.01. The van der Waals surface area contributed by atoms with Crippen molar-refractivity contribution >= 4 is 17.7 Å². The molecule has 0 aliphatic heterocycles. The molecule has 5 heteroatoms. The fourth-order valence-electron chi connectivity index (χ4n) is 1.10. The molecule has 0 heterocycles. The van der Waals surface area contributed by atoms with Gasteiger partial charge in [-0.05, 0) is 32.4 Å². The van der Waals surface area contributed by atoms with Crippen LogP contribution in [-0.2, 0) is 9.53 Å². The van der Waals surface area contributed by atoms with E-state index in [1.165, 1.54) is 7.11 Å². The average molecular weight is 244 g/mol. The fraction of sp³-hybridized carbons (Fsp3) is 0.818. The maximum absolute atomic E-state index is 11.0. The molecule has 0 amide bonds. The van der Waals surface area contributed by atoms with Crippen LogP contribution in [0.3, 0.4) is 0 Å². The van der Waals surface area contributed by atoms with Gasteiger partial charge in [-0.2, -0.15) is 17.0 Å². The van der Waals surface area contributed by atoms with Crippen LogP contribution in [0.15, 0.2) is 0 Å². The van der Waals surface area contributed by atoms with Crippen molar-refractivity contribution in [2.24, 2.45) is 11.1 Å². The van der Waals surface area contributed by atoms with Gasteiger partial charge in [0, 0.05) is 5.75 Å². The zero-order valence-corrected chi connectivity index (χ0v) is 11.0. The highest BCUT2D eigenvalue weighted by Crippen LogP contribution is 2.22. The van der Waals surface area contributed by atoms with Gasteiger partial charge in [0.25, 0.3) is 0 Å². The van der Waals surface area contributed by atoms with Crippen LogP contribution in [0.2, 0.25) is 0 Å². The van der Waals surface area contributed by atoms with Crippen LogP contribution in [0.4, 0.5) is 0 Å². The van der Waals surface area contributed by atoms with E-state index in [1.54, 1.807) is 11.8 Å². The number of ether oxygens (including phenoxy) is 1. The summed E-state index contributed by atoms with van der Waals surface area (Å²) in [5, 5.41) is 8.81. The van der Waals surface area contributed by atoms with Crippen LogP contribution < -0.4 is 5.73 Å². The third-order valence-electron chi connectivity index (χ3n) is 2.19. The van der Waals surface area contributed by atoms with Crippen molar-refractivity contribution in [1.29, 1.82) is 5.26 Å². The molecule has 2 N–H and O–H groups in total. The number of methoxy groups -OCH3 is 1. The zero-order valence-electron chi connectivity index (χ0n) is 10.2. The first-order valence-corrected chi connectivity index (χ1v) is 6.41. The van der Waals surface area contributed by atoms with E-state index in [0.717, 1.165) is 18.6 Å². The molecular weight excluding hydrogens is 224 g/mol. The summed E-state index contributed by atoms with van der Waals surface area (Å²) >= 11 is 1.62. The van der Waals surface area contributed by atoms with Gasteiger partial charge in [0.15, 0.2) is 0 Å². The lowest BCUT2D eigenvalue weighted by Crippen LogP contribution is -2.33. The van der Waals surface area contributed by atoms with E-state index >= 15 is 0 Å². The lowest BCUT2D eigenvalue weighted by Gasteiger charge is -2.14. The number of nitriles is 1. The first-order valence-electron chi connectivity index (χ1n) is 5.25. The lowest BCUT2D eigenvalue weighted by atomic mass is 9.90. The van der Waals surface area contributed by atoms with Crippen LogP contribution in [-0.4, -0.2) is 30.6 Å². The van der Waals surface area contributed by atoms with Crippen LogP contribution >= 0.6 is 11.8 Å². The Morgan fingerprint density at radius 1 is 1.62 bits per heavy atom. The summed E-state index contributed by atoms with van der Waals surface area (Å²) in [5.41, 5.74) is 5.32. The molecule has 0 aliphatic carbocycles. The Hall–Kier alpha value is -0.730. The second-order valence-electron chi connectivity index (χ2n) is 4.30. The van der Waals surface area contributed by atoms with Crippen molar-refractivity contribution in [1.82, 2.24) is 0 Å². The monoisotopic (exact) mass is 244 g/mol. The number of hydrogen-bond donors (Lipinski definition) is 1.